The highest BCUT2D eigenvalue weighted by Crippen LogP contribution is 2.16. The Balaban J connectivity index is 2.15. The van der Waals surface area contributed by atoms with Crippen molar-refractivity contribution in [1.82, 2.24) is 4.57 Å². The van der Waals surface area contributed by atoms with Crippen LogP contribution in [0.5, 0.6) is 5.75 Å². The molecule has 0 aliphatic carbocycles. The van der Waals surface area contributed by atoms with E-state index in [1.807, 2.05) is 30.3 Å². The first-order chi connectivity index (χ1) is 9.24. The molecule has 1 heterocycles. The molecule has 0 radical (unpaired) electrons. The topological polar surface area (TPSA) is 31.2 Å². The van der Waals surface area contributed by atoms with Gasteiger partial charge in [0.15, 0.2) is 5.75 Å². The number of para-hydroxylation sites is 1. The Morgan fingerprint density at radius 3 is 2.74 bits per heavy atom. The number of rotatable bonds is 6. The van der Waals surface area contributed by atoms with Crippen LogP contribution in [0.25, 0.3) is 10.9 Å². The van der Waals surface area contributed by atoms with Crippen molar-refractivity contribution in [3.8, 4) is 5.75 Å². The van der Waals surface area contributed by atoms with Crippen LogP contribution in [0.1, 0.15) is 32.6 Å². The fraction of sp³-hybridized carbons (Fsp3) is 0.438. The molecule has 0 atom stereocenters. The molecule has 0 saturated carbocycles. The standard InChI is InChI=1S/C16H21NO2/c1-3-4-5-8-11-19-15-12-13-9-6-7-10-14(13)17(2)16(15)18/h6-7,9-10,12H,3-5,8,11H2,1-2H3. The lowest BCUT2D eigenvalue weighted by atomic mass is 10.2. The van der Waals surface area contributed by atoms with Gasteiger partial charge in [0.2, 0.25) is 0 Å². The first kappa shape index (κ1) is 13.7. The van der Waals surface area contributed by atoms with E-state index >= 15 is 0 Å². The van der Waals surface area contributed by atoms with Crippen molar-refractivity contribution in [3.63, 3.8) is 0 Å². The van der Waals surface area contributed by atoms with Crippen LogP contribution < -0.4 is 10.3 Å². The van der Waals surface area contributed by atoms with Crippen LogP contribution in [0.2, 0.25) is 0 Å². The summed E-state index contributed by atoms with van der Waals surface area (Å²) in [5, 5.41) is 1.04. The van der Waals surface area contributed by atoms with Gasteiger partial charge >= 0.3 is 0 Å². The number of fused-ring (bicyclic) bond motifs is 1. The van der Waals surface area contributed by atoms with E-state index in [0.29, 0.717) is 12.4 Å². The van der Waals surface area contributed by atoms with Gasteiger partial charge in [0, 0.05) is 12.4 Å². The molecular weight excluding hydrogens is 238 g/mol. The number of benzene rings is 1. The van der Waals surface area contributed by atoms with Crippen molar-refractivity contribution < 1.29 is 4.74 Å². The van der Waals surface area contributed by atoms with E-state index in [1.54, 1.807) is 11.6 Å². The molecule has 2 aromatic rings. The maximum absolute atomic E-state index is 12.1. The molecule has 3 heteroatoms. The highest BCUT2D eigenvalue weighted by molar-refractivity contribution is 5.80. The molecule has 0 aliphatic rings. The van der Waals surface area contributed by atoms with Crippen LogP contribution >= 0.6 is 0 Å². The summed E-state index contributed by atoms with van der Waals surface area (Å²) in [4.78, 5) is 12.1. The minimum Gasteiger partial charge on any atom is -0.488 e. The number of pyridine rings is 1. The molecule has 0 fully saturated rings. The second-order valence-corrected chi connectivity index (χ2v) is 4.84. The lowest BCUT2D eigenvalue weighted by Crippen LogP contribution is -2.19. The van der Waals surface area contributed by atoms with E-state index in [-0.39, 0.29) is 5.56 Å². The Morgan fingerprint density at radius 1 is 1.16 bits per heavy atom. The zero-order valence-corrected chi connectivity index (χ0v) is 11.7. The predicted octanol–water partition coefficient (Wildman–Crippen LogP) is 3.50. The summed E-state index contributed by atoms with van der Waals surface area (Å²) in [5.41, 5.74) is 0.875. The largest absolute Gasteiger partial charge is 0.488 e. The second-order valence-electron chi connectivity index (χ2n) is 4.84. The van der Waals surface area contributed by atoms with Crippen molar-refractivity contribution in [3.05, 3.63) is 40.7 Å². The molecule has 102 valence electrons. The third-order valence-electron chi connectivity index (χ3n) is 3.36. The first-order valence-corrected chi connectivity index (χ1v) is 6.95. The molecule has 0 unspecified atom stereocenters. The molecule has 0 bridgehead atoms. The normalized spacial score (nSPS) is 10.8. The molecule has 0 saturated heterocycles. The highest BCUT2D eigenvalue weighted by atomic mass is 16.5. The molecule has 1 aromatic carbocycles. The lowest BCUT2D eigenvalue weighted by Gasteiger charge is -2.10. The average molecular weight is 259 g/mol. The molecule has 0 amide bonds. The maximum Gasteiger partial charge on any atom is 0.293 e. The summed E-state index contributed by atoms with van der Waals surface area (Å²) < 4.78 is 7.29. The van der Waals surface area contributed by atoms with Gasteiger partial charge in [-0.25, -0.2) is 0 Å². The van der Waals surface area contributed by atoms with Crippen LogP contribution in [-0.2, 0) is 7.05 Å². The Bertz CT molecular complexity index is 601. The number of aromatic nitrogens is 1. The van der Waals surface area contributed by atoms with Gasteiger partial charge in [-0.15, -0.1) is 0 Å². The average Bonchev–Trinajstić information content (AvgIpc) is 2.44. The summed E-state index contributed by atoms with van der Waals surface area (Å²) in [6, 6.07) is 9.70. The van der Waals surface area contributed by atoms with E-state index in [2.05, 4.69) is 6.92 Å². The maximum atomic E-state index is 12.1. The first-order valence-electron chi connectivity index (χ1n) is 6.95. The molecule has 0 spiro atoms. The van der Waals surface area contributed by atoms with Crippen LogP contribution in [-0.4, -0.2) is 11.2 Å². The van der Waals surface area contributed by atoms with Gasteiger partial charge in [0.25, 0.3) is 5.56 Å². The molecule has 19 heavy (non-hydrogen) atoms. The fourth-order valence-electron chi connectivity index (χ4n) is 2.21. The van der Waals surface area contributed by atoms with Crippen molar-refractivity contribution >= 4 is 10.9 Å². The van der Waals surface area contributed by atoms with Crippen LogP contribution in [0, 0.1) is 0 Å². The number of hydrogen-bond acceptors (Lipinski definition) is 2. The van der Waals surface area contributed by atoms with Gasteiger partial charge in [-0.2, -0.15) is 0 Å². The van der Waals surface area contributed by atoms with Gasteiger partial charge in [-0.1, -0.05) is 44.4 Å². The van der Waals surface area contributed by atoms with Crippen LogP contribution in [0.15, 0.2) is 35.1 Å². The third-order valence-corrected chi connectivity index (χ3v) is 3.36. The monoisotopic (exact) mass is 259 g/mol. The smallest absolute Gasteiger partial charge is 0.293 e. The Labute approximate surface area is 113 Å². The molecular formula is C16H21NO2. The van der Waals surface area contributed by atoms with Gasteiger partial charge in [-0.3, -0.25) is 4.79 Å². The quantitative estimate of drug-likeness (QED) is 0.743. The molecule has 0 aliphatic heterocycles. The Morgan fingerprint density at radius 2 is 1.95 bits per heavy atom. The Kier molecular flexibility index (Phi) is 4.61. The summed E-state index contributed by atoms with van der Waals surface area (Å²) in [6.45, 7) is 2.80. The molecule has 2 rings (SSSR count). The fourth-order valence-corrected chi connectivity index (χ4v) is 2.21. The number of nitrogens with zero attached hydrogens (tertiary/aromatic N) is 1. The second kappa shape index (κ2) is 6.41. The SMILES string of the molecule is CCCCCCOc1cc2ccccc2n(C)c1=O. The van der Waals surface area contributed by atoms with Crippen molar-refractivity contribution in [1.29, 1.82) is 0 Å². The number of aryl methyl sites for hydroxylation is 1. The number of hydrogen-bond donors (Lipinski definition) is 0. The van der Waals surface area contributed by atoms with Crippen molar-refractivity contribution in [2.45, 2.75) is 32.6 Å². The van der Waals surface area contributed by atoms with Gasteiger partial charge in [0.05, 0.1) is 12.1 Å². The van der Waals surface area contributed by atoms with Crippen molar-refractivity contribution in [2.24, 2.45) is 7.05 Å². The molecule has 3 nitrogen and oxygen atoms in total. The van der Waals surface area contributed by atoms with Crippen LogP contribution in [0.4, 0.5) is 0 Å². The van der Waals surface area contributed by atoms with Crippen molar-refractivity contribution in [2.75, 3.05) is 6.61 Å². The van der Waals surface area contributed by atoms with E-state index in [1.165, 1.54) is 12.8 Å². The lowest BCUT2D eigenvalue weighted by molar-refractivity contribution is 0.300. The number of unbranched alkanes of at least 4 members (excludes halogenated alkanes) is 3. The Hall–Kier alpha value is -1.77. The highest BCUT2D eigenvalue weighted by Gasteiger charge is 2.06. The minimum atomic E-state index is -0.0609. The summed E-state index contributed by atoms with van der Waals surface area (Å²) in [5.74, 6) is 0.456. The molecule has 0 N–H and O–H groups in total. The van der Waals surface area contributed by atoms with E-state index < -0.39 is 0 Å². The van der Waals surface area contributed by atoms with Gasteiger partial charge in [0.1, 0.15) is 0 Å². The summed E-state index contributed by atoms with van der Waals surface area (Å²) in [7, 11) is 1.79. The zero-order chi connectivity index (χ0) is 13.7. The van der Waals surface area contributed by atoms with E-state index in [9.17, 15) is 4.79 Å². The van der Waals surface area contributed by atoms with E-state index in [4.69, 9.17) is 4.74 Å². The third kappa shape index (κ3) is 3.16. The van der Waals surface area contributed by atoms with Gasteiger partial charge in [-0.05, 0) is 18.6 Å². The minimum absolute atomic E-state index is 0.0609. The van der Waals surface area contributed by atoms with Crippen LogP contribution in [0.3, 0.4) is 0 Å². The number of ether oxygens (including phenoxy) is 1. The van der Waals surface area contributed by atoms with Gasteiger partial charge < -0.3 is 9.30 Å². The zero-order valence-electron chi connectivity index (χ0n) is 11.7. The molecule has 1 aromatic heterocycles. The summed E-state index contributed by atoms with van der Waals surface area (Å²) in [6.07, 6.45) is 4.59. The predicted molar refractivity (Wildman–Crippen MR) is 78.8 cm³/mol. The summed E-state index contributed by atoms with van der Waals surface area (Å²) >= 11 is 0. The van der Waals surface area contributed by atoms with E-state index in [0.717, 1.165) is 23.7 Å².